The van der Waals surface area contributed by atoms with Crippen LogP contribution in [0.25, 0.3) is 10.9 Å². The number of carbonyl (C=O) groups is 1. The molecule has 1 aliphatic rings. The summed E-state index contributed by atoms with van der Waals surface area (Å²) in [4.78, 5) is 35.8. The van der Waals surface area contributed by atoms with Gasteiger partial charge in [0.25, 0.3) is 5.56 Å². The first-order chi connectivity index (χ1) is 16.0. The van der Waals surface area contributed by atoms with E-state index in [4.69, 9.17) is 16.3 Å². The number of ketones is 1. The Balaban J connectivity index is 1.68. The number of nitrogens with one attached hydrogen (secondary N) is 1. The summed E-state index contributed by atoms with van der Waals surface area (Å²) in [7, 11) is 0. The normalized spacial score (nSPS) is 13.5. The number of Topliss-reactive ketones (excluding diaryl/α,β-unsaturated/α-hetero) is 1. The molecule has 0 saturated carbocycles. The molecule has 1 aliphatic heterocycles. The number of aryl methyl sites for hydroxylation is 1. The standard InChI is InChI=1S/C24H28ClN5O3/c1-3-9-30-20-8-7-17(12-16(20)13-21(23(30)32)33-15-18(31)4-2)27-22-19(25)14-26-24(28-22)29-10-5-6-11-29/h7-8,12-14H,3-6,9-11,15H2,1-2H3,(H,26,27,28). The topological polar surface area (TPSA) is 89.3 Å². The number of ether oxygens (including phenoxy) is 1. The number of aromatic nitrogens is 3. The number of halogens is 1. The van der Waals surface area contributed by atoms with Gasteiger partial charge in [0, 0.05) is 37.1 Å². The van der Waals surface area contributed by atoms with Gasteiger partial charge < -0.3 is 19.5 Å². The highest BCUT2D eigenvalue weighted by molar-refractivity contribution is 6.32. The molecule has 1 aromatic carbocycles. The third-order valence-corrected chi connectivity index (χ3v) is 5.95. The molecule has 9 heteroatoms. The van der Waals surface area contributed by atoms with Gasteiger partial charge in [-0.25, -0.2) is 4.98 Å². The van der Waals surface area contributed by atoms with Gasteiger partial charge in [0.15, 0.2) is 17.4 Å². The molecule has 3 heterocycles. The van der Waals surface area contributed by atoms with Crippen LogP contribution in [0.1, 0.15) is 39.5 Å². The molecule has 0 spiro atoms. The fourth-order valence-corrected chi connectivity index (χ4v) is 4.04. The number of carbonyl (C=O) groups excluding carboxylic acids is 1. The van der Waals surface area contributed by atoms with Gasteiger partial charge in [0.2, 0.25) is 5.95 Å². The summed E-state index contributed by atoms with van der Waals surface area (Å²) in [5.74, 6) is 1.30. The van der Waals surface area contributed by atoms with Gasteiger partial charge in [-0.15, -0.1) is 0 Å². The second-order valence-corrected chi connectivity index (χ2v) is 8.51. The van der Waals surface area contributed by atoms with Crippen molar-refractivity contribution in [3.8, 4) is 5.75 Å². The van der Waals surface area contributed by atoms with Gasteiger partial charge in [-0.1, -0.05) is 25.4 Å². The molecule has 2 aromatic heterocycles. The summed E-state index contributed by atoms with van der Waals surface area (Å²) >= 11 is 6.36. The lowest BCUT2D eigenvalue weighted by Gasteiger charge is -2.17. The van der Waals surface area contributed by atoms with E-state index < -0.39 is 0 Å². The van der Waals surface area contributed by atoms with Crippen LogP contribution >= 0.6 is 11.6 Å². The predicted molar refractivity (Wildman–Crippen MR) is 131 cm³/mol. The number of anilines is 3. The van der Waals surface area contributed by atoms with Crippen molar-refractivity contribution in [1.82, 2.24) is 14.5 Å². The van der Waals surface area contributed by atoms with Gasteiger partial charge in [0.1, 0.15) is 11.6 Å². The molecule has 3 aromatic rings. The smallest absolute Gasteiger partial charge is 0.293 e. The molecule has 33 heavy (non-hydrogen) atoms. The number of hydrogen-bond donors (Lipinski definition) is 1. The maximum absolute atomic E-state index is 12.9. The van der Waals surface area contributed by atoms with Crippen molar-refractivity contribution >= 4 is 45.7 Å². The van der Waals surface area contributed by atoms with E-state index in [1.54, 1.807) is 23.8 Å². The minimum absolute atomic E-state index is 0.0563. The first kappa shape index (κ1) is 23.0. The molecule has 4 rings (SSSR count). The van der Waals surface area contributed by atoms with Gasteiger partial charge in [0.05, 0.1) is 11.7 Å². The molecule has 8 nitrogen and oxygen atoms in total. The quantitative estimate of drug-likeness (QED) is 0.491. The summed E-state index contributed by atoms with van der Waals surface area (Å²) in [6.07, 6.45) is 5.04. The highest BCUT2D eigenvalue weighted by atomic mass is 35.5. The summed E-state index contributed by atoms with van der Waals surface area (Å²) in [6, 6.07) is 7.40. The summed E-state index contributed by atoms with van der Waals surface area (Å²) < 4.78 is 7.27. The summed E-state index contributed by atoms with van der Waals surface area (Å²) in [5, 5.41) is 4.52. The second kappa shape index (κ2) is 10.2. The maximum atomic E-state index is 12.9. The first-order valence-electron chi connectivity index (χ1n) is 11.4. The summed E-state index contributed by atoms with van der Waals surface area (Å²) in [5.41, 5.74) is 1.34. The van der Waals surface area contributed by atoms with Crippen LogP contribution in [0.2, 0.25) is 5.02 Å². The molecule has 1 fully saturated rings. The Kier molecular flexibility index (Phi) is 7.13. The van der Waals surface area contributed by atoms with Crippen molar-refractivity contribution in [1.29, 1.82) is 0 Å². The first-order valence-corrected chi connectivity index (χ1v) is 11.7. The van der Waals surface area contributed by atoms with Gasteiger partial charge >= 0.3 is 0 Å². The van der Waals surface area contributed by atoms with Crippen LogP contribution in [-0.4, -0.2) is 40.0 Å². The molecule has 1 saturated heterocycles. The lowest BCUT2D eigenvalue weighted by Crippen LogP contribution is -2.24. The largest absolute Gasteiger partial charge is 0.480 e. The number of benzene rings is 1. The van der Waals surface area contributed by atoms with Crippen molar-refractivity contribution in [3.05, 3.63) is 45.8 Å². The van der Waals surface area contributed by atoms with Gasteiger partial charge in [-0.2, -0.15) is 4.98 Å². The van der Waals surface area contributed by atoms with E-state index >= 15 is 0 Å². The SMILES string of the molecule is CCCn1c(=O)c(OCC(=O)CC)cc2cc(Nc3nc(N4CCCC4)ncc3Cl)ccc21. The van der Waals surface area contributed by atoms with Gasteiger partial charge in [-0.3, -0.25) is 9.59 Å². The molecule has 0 radical (unpaired) electrons. The van der Waals surface area contributed by atoms with Gasteiger partial charge in [-0.05, 0) is 43.5 Å². The molecule has 0 bridgehead atoms. The minimum Gasteiger partial charge on any atom is -0.480 e. The van der Waals surface area contributed by atoms with E-state index in [9.17, 15) is 9.59 Å². The molecular weight excluding hydrogens is 442 g/mol. The monoisotopic (exact) mass is 469 g/mol. The predicted octanol–water partition coefficient (Wildman–Crippen LogP) is 4.56. The Morgan fingerprint density at radius 1 is 1.21 bits per heavy atom. The van der Waals surface area contributed by atoms with Crippen LogP contribution < -0.4 is 20.5 Å². The number of fused-ring (bicyclic) bond motifs is 1. The zero-order chi connectivity index (χ0) is 23.4. The van der Waals surface area contributed by atoms with Crippen molar-refractivity contribution in [3.63, 3.8) is 0 Å². The Morgan fingerprint density at radius 3 is 2.73 bits per heavy atom. The third-order valence-electron chi connectivity index (χ3n) is 5.67. The number of hydrogen-bond acceptors (Lipinski definition) is 7. The highest BCUT2D eigenvalue weighted by Gasteiger charge is 2.17. The van der Waals surface area contributed by atoms with Crippen molar-refractivity contribution in [2.24, 2.45) is 0 Å². The molecule has 0 amide bonds. The zero-order valence-electron chi connectivity index (χ0n) is 18.9. The lowest BCUT2D eigenvalue weighted by molar-refractivity contribution is -0.120. The minimum atomic E-state index is -0.233. The molecule has 174 valence electrons. The van der Waals surface area contributed by atoms with Crippen LogP contribution in [0.15, 0.2) is 35.3 Å². The molecule has 1 N–H and O–H groups in total. The third kappa shape index (κ3) is 5.11. The Hall–Kier alpha value is -3.13. The van der Waals surface area contributed by atoms with E-state index in [0.29, 0.717) is 29.8 Å². The van der Waals surface area contributed by atoms with Crippen molar-refractivity contribution < 1.29 is 9.53 Å². The Bertz CT molecular complexity index is 1220. The van der Waals surface area contributed by atoms with Crippen LogP contribution in [0.4, 0.5) is 17.5 Å². The second-order valence-electron chi connectivity index (χ2n) is 8.11. The van der Waals surface area contributed by atoms with Crippen molar-refractivity contribution in [2.45, 2.75) is 46.1 Å². The fourth-order valence-electron chi connectivity index (χ4n) is 3.90. The number of pyridine rings is 1. The highest BCUT2D eigenvalue weighted by Crippen LogP contribution is 2.28. The molecule has 0 aliphatic carbocycles. The van der Waals surface area contributed by atoms with Crippen LogP contribution in [-0.2, 0) is 11.3 Å². The fraction of sp³-hybridized carbons (Fsp3) is 0.417. The Morgan fingerprint density at radius 2 is 2.00 bits per heavy atom. The van der Waals surface area contributed by atoms with Crippen molar-refractivity contribution in [2.75, 3.05) is 29.9 Å². The van der Waals surface area contributed by atoms with E-state index in [-0.39, 0.29) is 23.7 Å². The van der Waals surface area contributed by atoms with Crippen LogP contribution in [0, 0.1) is 0 Å². The average Bonchev–Trinajstić information content (AvgIpc) is 3.36. The summed E-state index contributed by atoms with van der Waals surface area (Å²) in [6.45, 7) is 6.10. The molecule has 0 unspecified atom stereocenters. The van der Waals surface area contributed by atoms with E-state index in [0.717, 1.165) is 48.9 Å². The maximum Gasteiger partial charge on any atom is 0.293 e. The van der Waals surface area contributed by atoms with Crippen LogP contribution in [0.5, 0.6) is 5.75 Å². The van der Waals surface area contributed by atoms with E-state index in [2.05, 4.69) is 20.2 Å². The number of rotatable bonds is 9. The van der Waals surface area contributed by atoms with E-state index in [1.807, 2.05) is 25.1 Å². The zero-order valence-corrected chi connectivity index (χ0v) is 19.7. The van der Waals surface area contributed by atoms with E-state index in [1.165, 1.54) is 0 Å². The molecular formula is C24H28ClN5O3. The number of nitrogens with zero attached hydrogens (tertiary/aromatic N) is 4. The Labute approximate surface area is 197 Å². The lowest BCUT2D eigenvalue weighted by atomic mass is 10.1. The molecule has 0 atom stereocenters. The van der Waals surface area contributed by atoms with Crippen LogP contribution in [0.3, 0.4) is 0 Å². The average molecular weight is 470 g/mol.